The van der Waals surface area contributed by atoms with Crippen LogP contribution in [0.3, 0.4) is 0 Å². The number of carbonyl (C=O) groups is 2. The summed E-state index contributed by atoms with van der Waals surface area (Å²) in [5, 5.41) is 33.7. The van der Waals surface area contributed by atoms with E-state index in [4.69, 9.17) is 20.0 Å². The molecule has 0 aliphatic carbocycles. The van der Waals surface area contributed by atoms with Crippen LogP contribution in [0.1, 0.15) is 32.3 Å². The van der Waals surface area contributed by atoms with Crippen LogP contribution in [-0.2, 0) is 20.7 Å². The Kier molecular flexibility index (Phi) is 17.1. The summed E-state index contributed by atoms with van der Waals surface area (Å²) >= 11 is 0. The van der Waals surface area contributed by atoms with Gasteiger partial charge in [-0.1, -0.05) is 7.43 Å². The fourth-order valence-electron chi connectivity index (χ4n) is 2.48. The van der Waals surface area contributed by atoms with Crippen LogP contribution in [0.4, 0.5) is 0 Å². The number of aliphatic carboxylic acids is 2. The van der Waals surface area contributed by atoms with E-state index in [2.05, 4.69) is 4.98 Å². The number of nitrogens with zero attached hydrogens (tertiary/aromatic N) is 2. The van der Waals surface area contributed by atoms with Crippen LogP contribution in [0.5, 0.6) is 0 Å². The zero-order valence-electron chi connectivity index (χ0n) is 15.7. The third kappa shape index (κ3) is 16.0. The fourth-order valence-corrected chi connectivity index (χ4v) is 2.48. The molecule has 2 rings (SSSR count). The van der Waals surface area contributed by atoms with Crippen molar-refractivity contribution >= 4 is 26.1 Å². The van der Waals surface area contributed by atoms with Crippen LogP contribution in [0.15, 0.2) is 24.5 Å². The Morgan fingerprint density at radius 1 is 1.24 bits per heavy atom. The first-order chi connectivity index (χ1) is 13.3. The molecule has 1 aromatic heterocycles. The van der Waals surface area contributed by atoms with Gasteiger partial charge in [-0.15, -0.1) is 0 Å². The minimum absolute atomic E-state index is 0. The van der Waals surface area contributed by atoms with Gasteiger partial charge in [-0.3, -0.25) is 14.6 Å². The van der Waals surface area contributed by atoms with Crippen molar-refractivity contribution in [2.45, 2.75) is 39.9 Å². The number of pyridine rings is 1. The molecule has 0 radical (unpaired) electrons. The maximum Gasteiger partial charge on any atom is 0.307 e. The van der Waals surface area contributed by atoms with Crippen molar-refractivity contribution < 1.29 is 34.6 Å². The topological polar surface area (TPSA) is 148 Å². The normalized spacial score (nSPS) is 12.8. The van der Waals surface area contributed by atoms with Crippen LogP contribution in [0.2, 0.25) is 6.82 Å². The quantitative estimate of drug-likeness (QED) is 0.414. The number of carboxylic acid groups (broad SMARTS) is 2. The van der Waals surface area contributed by atoms with Gasteiger partial charge in [0.2, 0.25) is 0 Å². The van der Waals surface area contributed by atoms with E-state index in [-0.39, 0.29) is 20.3 Å². The van der Waals surface area contributed by atoms with Crippen LogP contribution in [0, 0.1) is 17.8 Å². The summed E-state index contributed by atoms with van der Waals surface area (Å²) in [5.74, 6) is 0.509. The molecule has 1 aromatic rings. The number of piperidine rings is 1. The summed E-state index contributed by atoms with van der Waals surface area (Å²) in [5.41, 5.74) is 0.780. The van der Waals surface area contributed by atoms with Crippen molar-refractivity contribution in [3.8, 4) is 11.9 Å². The third-order valence-electron chi connectivity index (χ3n) is 3.87. The summed E-state index contributed by atoms with van der Waals surface area (Å²) in [6.07, 6.45) is 6.68. The number of rotatable bonds is 5. The average Bonchev–Trinajstić information content (AvgIpc) is 2.64. The molecular weight excluding hydrogens is 378 g/mol. The molecule has 0 aromatic carbocycles. The van der Waals surface area contributed by atoms with Gasteiger partial charge in [0.25, 0.3) is 0 Å². The Bertz CT molecular complexity index is 655. The molecule has 1 aliphatic rings. The molecule has 1 saturated heterocycles. The smallest absolute Gasteiger partial charge is 0.307 e. The summed E-state index contributed by atoms with van der Waals surface area (Å²) in [4.78, 5) is 26.3. The van der Waals surface area contributed by atoms with E-state index in [1.54, 1.807) is 37.2 Å². The molecule has 4 N–H and O–H groups in total. The average molecular weight is 406 g/mol. The summed E-state index contributed by atoms with van der Waals surface area (Å²) in [6, 6.07) is 3.38. The van der Waals surface area contributed by atoms with E-state index in [1.165, 1.54) is 6.11 Å². The van der Waals surface area contributed by atoms with E-state index in [0.29, 0.717) is 13.1 Å². The Hall–Kier alpha value is -2.70. The second-order valence-electron chi connectivity index (χ2n) is 6.01. The molecule has 1 aliphatic heterocycles. The van der Waals surface area contributed by atoms with E-state index in [1.807, 2.05) is 4.81 Å². The Morgan fingerprint density at radius 2 is 1.79 bits per heavy atom. The number of aliphatic hydroxyl groups is 1. The largest absolute Gasteiger partial charge is 0.481 e. The minimum Gasteiger partial charge on any atom is -0.481 e. The molecular formula is C18H28B2N2O7. The van der Waals surface area contributed by atoms with Gasteiger partial charge >= 0.3 is 47.9 Å². The van der Waals surface area contributed by atoms with Gasteiger partial charge in [0, 0.05) is 18.8 Å². The summed E-state index contributed by atoms with van der Waals surface area (Å²) in [7, 11) is -0.0780. The summed E-state index contributed by atoms with van der Waals surface area (Å²) in [6.45, 7) is 3.38. The first-order valence-corrected chi connectivity index (χ1v) is 8.63. The van der Waals surface area contributed by atoms with Crippen molar-refractivity contribution in [1.29, 1.82) is 0 Å². The first kappa shape index (κ1) is 28.5. The van der Waals surface area contributed by atoms with Gasteiger partial charge in [0.05, 0.1) is 6.42 Å². The molecule has 0 unspecified atom stereocenters. The Labute approximate surface area is 172 Å². The zero-order chi connectivity index (χ0) is 21.4. The molecule has 0 bridgehead atoms. The SMILES string of the molecule is C.CB(O)N1CCC(CC(=O)O)CC1.O=BC#CO.O=C(O)Cc1ccncc1. The molecule has 1 fully saturated rings. The van der Waals surface area contributed by atoms with Crippen LogP contribution in [0.25, 0.3) is 0 Å². The molecule has 0 amide bonds. The molecule has 11 heteroatoms. The van der Waals surface area contributed by atoms with Gasteiger partial charge < -0.3 is 20.0 Å². The van der Waals surface area contributed by atoms with Gasteiger partial charge in [-0.2, -0.15) is 0 Å². The standard InChI is InChI=1S/C8H16BNO3.C7H7NO2.C2HBO2.CH4/c1-9(13)10-4-2-7(3-5-10)6-8(11)12;9-7(10)5-6-1-3-8-4-2-6;4-2-1-3-5;/h7,13H,2-6H2,1H3,(H,11,12);1-4H,5H2,(H,9,10);4H;1H4. The van der Waals surface area contributed by atoms with Gasteiger partial charge in [-0.25, -0.2) is 0 Å². The number of hydrogen-bond acceptors (Lipinski definition) is 7. The summed E-state index contributed by atoms with van der Waals surface area (Å²) < 4.78 is 9.07. The van der Waals surface area contributed by atoms with E-state index < -0.39 is 19.0 Å². The van der Waals surface area contributed by atoms with Crippen molar-refractivity contribution in [2.75, 3.05) is 13.1 Å². The van der Waals surface area contributed by atoms with Crippen molar-refractivity contribution in [1.82, 2.24) is 9.79 Å². The molecule has 9 nitrogen and oxygen atoms in total. The number of carboxylic acids is 2. The third-order valence-corrected chi connectivity index (χ3v) is 3.87. The van der Waals surface area contributed by atoms with Crippen molar-refractivity contribution in [3.05, 3.63) is 30.1 Å². The Morgan fingerprint density at radius 3 is 2.14 bits per heavy atom. The van der Waals surface area contributed by atoms with Crippen molar-refractivity contribution in [2.24, 2.45) is 5.92 Å². The first-order valence-electron chi connectivity index (χ1n) is 8.63. The number of aromatic nitrogens is 1. The molecule has 2 heterocycles. The van der Waals surface area contributed by atoms with E-state index >= 15 is 0 Å². The van der Waals surface area contributed by atoms with Crippen LogP contribution < -0.4 is 0 Å². The monoisotopic (exact) mass is 406 g/mol. The fraction of sp³-hybridized carbons (Fsp3) is 0.500. The predicted octanol–water partition coefficient (Wildman–Crippen LogP) is 0.955. The maximum absolute atomic E-state index is 10.4. The predicted molar refractivity (Wildman–Crippen MR) is 109 cm³/mol. The van der Waals surface area contributed by atoms with Gasteiger partial charge in [0.15, 0.2) is 0 Å². The minimum atomic E-state index is -0.814. The molecule has 0 saturated carbocycles. The number of aliphatic hydroxyl groups excluding tert-OH is 1. The zero-order valence-corrected chi connectivity index (χ0v) is 15.7. The van der Waals surface area contributed by atoms with Crippen LogP contribution >= 0.6 is 0 Å². The van der Waals surface area contributed by atoms with Crippen molar-refractivity contribution in [3.63, 3.8) is 0 Å². The maximum atomic E-state index is 10.4. The number of hydrogen-bond donors (Lipinski definition) is 4. The molecule has 0 spiro atoms. The van der Waals surface area contributed by atoms with Gasteiger partial charge in [-0.05, 0) is 56.4 Å². The molecule has 158 valence electrons. The van der Waals surface area contributed by atoms with E-state index in [9.17, 15) is 14.6 Å². The van der Waals surface area contributed by atoms with Gasteiger partial charge in [0.1, 0.15) is 0 Å². The molecule has 0 atom stereocenters. The second kappa shape index (κ2) is 17.4. The van der Waals surface area contributed by atoms with Crippen LogP contribution in [-0.4, -0.2) is 69.4 Å². The van der Waals surface area contributed by atoms with E-state index in [0.717, 1.165) is 31.5 Å². The molecule has 29 heavy (non-hydrogen) atoms. The second-order valence-corrected chi connectivity index (χ2v) is 6.01. The Balaban J connectivity index is 0.